The van der Waals surface area contributed by atoms with Gasteiger partial charge >= 0.3 is 0 Å². The molecule has 0 fully saturated rings. The fourth-order valence-corrected chi connectivity index (χ4v) is 3.71. The first-order chi connectivity index (χ1) is 15.0. The van der Waals surface area contributed by atoms with Crippen molar-refractivity contribution < 1.29 is 14.7 Å². The molecule has 2 amide bonds. The summed E-state index contributed by atoms with van der Waals surface area (Å²) in [6.07, 6.45) is 11.1. The largest absolute Gasteiger partial charge is 0.381 e. The standard InChI is InChI=1S/C25H39N3O3/c1-3-4-5-6-7-8-9-10-11-14-17-26-25(31)23(29)19(2)27-24(30)22-18-20-15-12-13-16-21(20)28-22/h12-13,15-16,18-19,23,28-29H,3-11,14,17H2,1-2H3,(H,26,31)(H,27,30)/t19-,23+/m0/s1. The van der Waals surface area contributed by atoms with Gasteiger partial charge in [0, 0.05) is 17.4 Å². The van der Waals surface area contributed by atoms with Gasteiger partial charge in [-0.2, -0.15) is 0 Å². The van der Waals surface area contributed by atoms with Crippen molar-refractivity contribution in [2.75, 3.05) is 6.54 Å². The van der Waals surface area contributed by atoms with E-state index < -0.39 is 18.1 Å². The van der Waals surface area contributed by atoms with Crippen molar-refractivity contribution in [3.63, 3.8) is 0 Å². The number of aliphatic hydroxyl groups excluding tert-OH is 1. The molecule has 0 aliphatic rings. The van der Waals surface area contributed by atoms with E-state index in [9.17, 15) is 14.7 Å². The molecule has 2 aromatic rings. The lowest BCUT2D eigenvalue weighted by atomic mass is 10.1. The van der Waals surface area contributed by atoms with E-state index in [1.165, 1.54) is 51.4 Å². The highest BCUT2D eigenvalue weighted by Gasteiger charge is 2.24. The number of amides is 2. The molecule has 4 N–H and O–H groups in total. The van der Waals surface area contributed by atoms with Crippen LogP contribution in [0.5, 0.6) is 0 Å². The van der Waals surface area contributed by atoms with Crippen LogP contribution in [0.3, 0.4) is 0 Å². The first-order valence-corrected chi connectivity index (χ1v) is 11.9. The maximum Gasteiger partial charge on any atom is 0.268 e. The lowest BCUT2D eigenvalue weighted by Gasteiger charge is -2.19. The zero-order valence-electron chi connectivity index (χ0n) is 19.1. The van der Waals surface area contributed by atoms with Gasteiger partial charge in [-0.3, -0.25) is 9.59 Å². The van der Waals surface area contributed by atoms with E-state index in [0.717, 1.165) is 23.7 Å². The van der Waals surface area contributed by atoms with Gasteiger partial charge in [0.1, 0.15) is 5.69 Å². The fourth-order valence-electron chi connectivity index (χ4n) is 3.71. The molecule has 6 heteroatoms. The third kappa shape index (κ3) is 8.74. The maximum atomic E-state index is 12.4. The van der Waals surface area contributed by atoms with E-state index in [0.29, 0.717) is 12.2 Å². The number of benzene rings is 1. The Labute approximate surface area is 186 Å². The summed E-state index contributed by atoms with van der Waals surface area (Å²) in [5.41, 5.74) is 1.28. The maximum absolute atomic E-state index is 12.4. The summed E-state index contributed by atoms with van der Waals surface area (Å²) in [6, 6.07) is 8.68. The van der Waals surface area contributed by atoms with Crippen molar-refractivity contribution in [2.45, 2.75) is 90.2 Å². The molecule has 6 nitrogen and oxygen atoms in total. The Bertz CT molecular complexity index is 769. The van der Waals surface area contributed by atoms with Crippen LogP contribution in [0.1, 0.15) is 88.5 Å². The molecule has 1 aromatic heterocycles. The van der Waals surface area contributed by atoms with Crippen molar-refractivity contribution in [2.24, 2.45) is 0 Å². The molecular weight excluding hydrogens is 390 g/mol. The molecule has 0 aliphatic carbocycles. The van der Waals surface area contributed by atoms with Crippen molar-refractivity contribution in [1.82, 2.24) is 15.6 Å². The number of aliphatic hydroxyl groups is 1. The van der Waals surface area contributed by atoms with Crippen LogP contribution in [-0.2, 0) is 4.79 Å². The topological polar surface area (TPSA) is 94.2 Å². The highest BCUT2D eigenvalue weighted by atomic mass is 16.3. The van der Waals surface area contributed by atoms with E-state index in [2.05, 4.69) is 22.5 Å². The molecule has 0 radical (unpaired) electrons. The number of aromatic amines is 1. The van der Waals surface area contributed by atoms with Crippen LogP contribution in [0.25, 0.3) is 10.9 Å². The summed E-state index contributed by atoms with van der Waals surface area (Å²) in [6.45, 7) is 4.42. The molecule has 0 unspecified atom stereocenters. The van der Waals surface area contributed by atoms with Crippen LogP contribution in [0.4, 0.5) is 0 Å². The second-order valence-corrected chi connectivity index (χ2v) is 8.45. The van der Waals surface area contributed by atoms with Gasteiger partial charge < -0.3 is 20.7 Å². The third-order valence-corrected chi connectivity index (χ3v) is 5.71. The smallest absolute Gasteiger partial charge is 0.268 e. The van der Waals surface area contributed by atoms with Gasteiger partial charge in [-0.25, -0.2) is 0 Å². The number of rotatable bonds is 15. The molecule has 2 atom stereocenters. The number of hydrogen-bond acceptors (Lipinski definition) is 3. The van der Waals surface area contributed by atoms with E-state index in [-0.39, 0.29) is 5.91 Å². The van der Waals surface area contributed by atoms with Crippen molar-refractivity contribution in [1.29, 1.82) is 0 Å². The van der Waals surface area contributed by atoms with Crippen molar-refractivity contribution in [3.05, 3.63) is 36.0 Å². The number of unbranched alkanes of at least 4 members (excludes halogenated alkanes) is 9. The van der Waals surface area contributed by atoms with Crippen LogP contribution >= 0.6 is 0 Å². The van der Waals surface area contributed by atoms with Crippen LogP contribution in [0, 0.1) is 0 Å². The minimum atomic E-state index is -1.28. The summed E-state index contributed by atoms with van der Waals surface area (Å²) in [5, 5.41) is 16.7. The zero-order valence-corrected chi connectivity index (χ0v) is 19.1. The molecule has 172 valence electrons. The molecule has 1 aromatic carbocycles. The molecule has 1 heterocycles. The molecule has 0 spiro atoms. The third-order valence-electron chi connectivity index (χ3n) is 5.71. The monoisotopic (exact) mass is 429 g/mol. The zero-order chi connectivity index (χ0) is 22.5. The van der Waals surface area contributed by atoms with Gasteiger partial charge in [0.25, 0.3) is 11.8 Å². The highest BCUT2D eigenvalue weighted by Crippen LogP contribution is 2.15. The number of hydrogen-bond donors (Lipinski definition) is 4. The van der Waals surface area contributed by atoms with Gasteiger partial charge in [0.05, 0.1) is 6.04 Å². The summed E-state index contributed by atoms with van der Waals surface area (Å²) in [7, 11) is 0. The number of nitrogens with one attached hydrogen (secondary N) is 3. The average Bonchev–Trinajstić information content (AvgIpc) is 3.21. The van der Waals surface area contributed by atoms with Gasteiger partial charge in [-0.15, -0.1) is 0 Å². The fraction of sp³-hybridized carbons (Fsp3) is 0.600. The Kier molecular flexibility index (Phi) is 11.1. The van der Waals surface area contributed by atoms with E-state index >= 15 is 0 Å². The van der Waals surface area contributed by atoms with E-state index in [4.69, 9.17) is 0 Å². The minimum absolute atomic E-state index is 0.342. The summed E-state index contributed by atoms with van der Waals surface area (Å²) in [5.74, 6) is -0.786. The molecule has 0 saturated heterocycles. The van der Waals surface area contributed by atoms with Crippen molar-refractivity contribution in [3.8, 4) is 0 Å². The van der Waals surface area contributed by atoms with Gasteiger partial charge in [0.2, 0.25) is 0 Å². The Morgan fingerprint density at radius 1 is 0.968 bits per heavy atom. The second-order valence-electron chi connectivity index (χ2n) is 8.45. The SMILES string of the molecule is CCCCCCCCCCCCNC(=O)[C@H](O)[C@H](C)NC(=O)c1cc2ccccc2[nH]1. The lowest BCUT2D eigenvalue weighted by Crippen LogP contribution is -2.49. The van der Waals surface area contributed by atoms with E-state index in [1.807, 2.05) is 24.3 Å². The van der Waals surface area contributed by atoms with Crippen LogP contribution < -0.4 is 10.6 Å². The number of fused-ring (bicyclic) bond motifs is 1. The quantitative estimate of drug-likeness (QED) is 0.310. The molecular formula is C25H39N3O3. The molecule has 31 heavy (non-hydrogen) atoms. The Morgan fingerprint density at radius 3 is 2.23 bits per heavy atom. The summed E-state index contributed by atoms with van der Waals surface area (Å²) >= 11 is 0. The Hall–Kier alpha value is -2.34. The first-order valence-electron chi connectivity index (χ1n) is 11.9. The van der Waals surface area contributed by atoms with Crippen LogP contribution in [0.15, 0.2) is 30.3 Å². The minimum Gasteiger partial charge on any atom is -0.381 e. The lowest BCUT2D eigenvalue weighted by molar-refractivity contribution is -0.130. The number of aromatic nitrogens is 1. The molecule has 2 rings (SSSR count). The van der Waals surface area contributed by atoms with E-state index in [1.54, 1.807) is 13.0 Å². The van der Waals surface area contributed by atoms with Gasteiger partial charge in [-0.05, 0) is 25.5 Å². The number of carbonyl (C=O) groups excluding carboxylic acids is 2. The summed E-state index contributed by atoms with van der Waals surface area (Å²) in [4.78, 5) is 27.7. The van der Waals surface area contributed by atoms with Gasteiger partial charge in [0.15, 0.2) is 6.10 Å². The van der Waals surface area contributed by atoms with Gasteiger partial charge in [-0.1, -0.05) is 82.9 Å². The summed E-state index contributed by atoms with van der Waals surface area (Å²) < 4.78 is 0. The van der Waals surface area contributed by atoms with Crippen molar-refractivity contribution >= 4 is 22.7 Å². The van der Waals surface area contributed by atoms with Crippen LogP contribution in [-0.4, -0.2) is 40.6 Å². The molecule has 0 saturated carbocycles. The normalized spacial score (nSPS) is 13.1. The molecule has 0 aliphatic heterocycles. The Balaban J connectivity index is 1.58. The average molecular weight is 430 g/mol. The number of carbonyl (C=O) groups is 2. The second kappa shape index (κ2) is 13.9. The predicted octanol–water partition coefficient (Wildman–Crippen LogP) is 4.68. The first kappa shape index (κ1) is 24.9. The van der Waals surface area contributed by atoms with Crippen LogP contribution in [0.2, 0.25) is 0 Å². The number of H-pyrrole nitrogens is 1. The molecule has 0 bridgehead atoms. The Morgan fingerprint density at radius 2 is 1.58 bits per heavy atom. The highest BCUT2D eigenvalue weighted by molar-refractivity contribution is 5.98. The number of para-hydroxylation sites is 1. The predicted molar refractivity (Wildman–Crippen MR) is 126 cm³/mol.